The van der Waals surface area contributed by atoms with Gasteiger partial charge in [-0.3, -0.25) is 0 Å². The normalized spacial score (nSPS) is 14.9. The molecule has 0 unspecified atom stereocenters. The highest BCUT2D eigenvalue weighted by molar-refractivity contribution is 5.61. The number of rotatable bonds is 2. The first-order chi connectivity index (χ1) is 8.24. The van der Waals surface area contributed by atoms with Crippen molar-refractivity contribution in [2.45, 2.75) is 18.8 Å². The maximum absolute atomic E-state index is 13.7. The van der Waals surface area contributed by atoms with Gasteiger partial charge in [0.05, 0.1) is 5.69 Å². The van der Waals surface area contributed by atoms with Gasteiger partial charge in [-0.05, 0) is 31.0 Å². The van der Waals surface area contributed by atoms with Crippen molar-refractivity contribution < 1.29 is 4.39 Å². The number of hydrogen-bond acceptors (Lipinski definition) is 3. The number of halogens is 1. The lowest BCUT2D eigenvalue weighted by atomic mass is 10.1. The standard InChI is InChI=1S/C13H12FN3/c14-10-4-2-1-3-9(10)12-7-11(8-5-6-8)16-13(15)17-12/h1-4,7-8H,5-6H2,(H2,15,16,17). The summed E-state index contributed by atoms with van der Waals surface area (Å²) in [5, 5.41) is 0. The zero-order valence-corrected chi connectivity index (χ0v) is 9.23. The zero-order chi connectivity index (χ0) is 11.8. The number of benzene rings is 1. The first-order valence-corrected chi connectivity index (χ1v) is 5.63. The molecule has 0 radical (unpaired) electrons. The number of anilines is 1. The number of nitrogen functional groups attached to an aromatic ring is 1. The predicted octanol–water partition coefficient (Wildman–Crippen LogP) is 2.74. The molecule has 1 fully saturated rings. The van der Waals surface area contributed by atoms with Crippen molar-refractivity contribution in [2.75, 3.05) is 5.73 Å². The third kappa shape index (κ3) is 1.98. The topological polar surface area (TPSA) is 51.8 Å². The Balaban J connectivity index is 2.11. The van der Waals surface area contributed by atoms with Gasteiger partial charge in [-0.15, -0.1) is 0 Å². The van der Waals surface area contributed by atoms with E-state index in [4.69, 9.17) is 5.73 Å². The van der Waals surface area contributed by atoms with Gasteiger partial charge in [-0.2, -0.15) is 0 Å². The highest BCUT2D eigenvalue weighted by Gasteiger charge is 2.26. The van der Waals surface area contributed by atoms with Crippen LogP contribution in [0.2, 0.25) is 0 Å². The molecule has 0 spiro atoms. The maximum atomic E-state index is 13.7. The molecule has 1 saturated carbocycles. The summed E-state index contributed by atoms with van der Waals surface area (Å²) in [6.07, 6.45) is 2.26. The zero-order valence-electron chi connectivity index (χ0n) is 9.23. The molecule has 4 heteroatoms. The predicted molar refractivity (Wildman–Crippen MR) is 63.8 cm³/mol. The monoisotopic (exact) mass is 229 g/mol. The number of hydrogen-bond donors (Lipinski definition) is 1. The lowest BCUT2D eigenvalue weighted by Gasteiger charge is -2.05. The van der Waals surface area contributed by atoms with E-state index in [1.807, 2.05) is 6.07 Å². The SMILES string of the molecule is Nc1nc(-c2ccccc2F)cc(C2CC2)n1. The lowest BCUT2D eigenvalue weighted by Crippen LogP contribution is -2.00. The van der Waals surface area contributed by atoms with E-state index < -0.39 is 0 Å². The van der Waals surface area contributed by atoms with Gasteiger partial charge in [-0.1, -0.05) is 12.1 Å². The van der Waals surface area contributed by atoms with Gasteiger partial charge >= 0.3 is 0 Å². The first kappa shape index (κ1) is 10.2. The van der Waals surface area contributed by atoms with Crippen molar-refractivity contribution >= 4 is 5.95 Å². The highest BCUT2D eigenvalue weighted by atomic mass is 19.1. The van der Waals surface area contributed by atoms with E-state index in [2.05, 4.69) is 9.97 Å². The van der Waals surface area contributed by atoms with Crippen molar-refractivity contribution in [1.29, 1.82) is 0 Å². The molecule has 3 nitrogen and oxygen atoms in total. The molecule has 1 heterocycles. The van der Waals surface area contributed by atoms with E-state index in [0.717, 1.165) is 18.5 Å². The van der Waals surface area contributed by atoms with Crippen molar-refractivity contribution in [1.82, 2.24) is 9.97 Å². The van der Waals surface area contributed by atoms with E-state index in [1.165, 1.54) is 6.07 Å². The van der Waals surface area contributed by atoms with Crippen molar-refractivity contribution in [3.05, 3.63) is 41.8 Å². The molecular formula is C13H12FN3. The average Bonchev–Trinajstić information content (AvgIpc) is 3.12. The second kappa shape index (κ2) is 3.80. The Morgan fingerprint density at radius 3 is 2.65 bits per heavy atom. The van der Waals surface area contributed by atoms with Crippen LogP contribution in [0.1, 0.15) is 24.5 Å². The summed E-state index contributed by atoms with van der Waals surface area (Å²) in [4.78, 5) is 8.30. The molecule has 2 N–H and O–H groups in total. The highest BCUT2D eigenvalue weighted by Crippen LogP contribution is 2.40. The summed E-state index contributed by atoms with van der Waals surface area (Å²) in [5.41, 5.74) is 7.64. The van der Waals surface area contributed by atoms with Crippen molar-refractivity contribution in [2.24, 2.45) is 0 Å². The molecule has 0 bridgehead atoms. The molecule has 0 aliphatic heterocycles. The first-order valence-electron chi connectivity index (χ1n) is 5.63. The molecule has 0 saturated heterocycles. The Bertz CT molecular complexity index is 564. The van der Waals surface area contributed by atoms with Crippen LogP contribution in [0.25, 0.3) is 11.3 Å². The van der Waals surface area contributed by atoms with Gasteiger partial charge in [0.1, 0.15) is 5.82 Å². The number of nitrogens with two attached hydrogens (primary N) is 1. The summed E-state index contributed by atoms with van der Waals surface area (Å²) in [5.74, 6) is 0.408. The Hall–Kier alpha value is -1.97. The minimum absolute atomic E-state index is 0.215. The average molecular weight is 229 g/mol. The molecule has 86 valence electrons. The van der Waals surface area contributed by atoms with Gasteiger partial charge in [-0.25, -0.2) is 14.4 Å². The van der Waals surface area contributed by atoms with Crippen LogP contribution < -0.4 is 5.73 Å². The summed E-state index contributed by atoms with van der Waals surface area (Å²) >= 11 is 0. The second-order valence-corrected chi connectivity index (χ2v) is 4.29. The summed E-state index contributed by atoms with van der Waals surface area (Å²) in [6.45, 7) is 0. The van der Waals surface area contributed by atoms with E-state index in [9.17, 15) is 4.39 Å². The third-order valence-electron chi connectivity index (χ3n) is 2.91. The van der Waals surface area contributed by atoms with E-state index in [1.54, 1.807) is 18.2 Å². The van der Waals surface area contributed by atoms with Crippen LogP contribution >= 0.6 is 0 Å². The molecular weight excluding hydrogens is 217 g/mol. The van der Waals surface area contributed by atoms with Crippen LogP contribution in [0.4, 0.5) is 10.3 Å². The van der Waals surface area contributed by atoms with Crippen molar-refractivity contribution in [3.63, 3.8) is 0 Å². The quantitative estimate of drug-likeness (QED) is 0.861. The Kier molecular flexibility index (Phi) is 2.28. The van der Waals surface area contributed by atoms with Crippen LogP contribution in [0.3, 0.4) is 0 Å². The molecule has 2 aromatic rings. The van der Waals surface area contributed by atoms with Crippen LogP contribution in [-0.4, -0.2) is 9.97 Å². The summed E-state index contributed by atoms with van der Waals surface area (Å²) < 4.78 is 13.7. The molecule has 17 heavy (non-hydrogen) atoms. The van der Waals surface area contributed by atoms with Crippen LogP contribution in [-0.2, 0) is 0 Å². The smallest absolute Gasteiger partial charge is 0.220 e. The molecule has 1 aliphatic rings. The second-order valence-electron chi connectivity index (χ2n) is 4.29. The third-order valence-corrected chi connectivity index (χ3v) is 2.91. The largest absolute Gasteiger partial charge is 0.368 e. The fraction of sp³-hybridized carbons (Fsp3) is 0.231. The van der Waals surface area contributed by atoms with Gasteiger partial charge in [0.25, 0.3) is 0 Å². The fourth-order valence-electron chi connectivity index (χ4n) is 1.88. The minimum atomic E-state index is -0.285. The molecule has 3 rings (SSSR count). The Labute approximate surface area is 98.5 Å². The molecule has 1 aromatic carbocycles. The Morgan fingerprint density at radius 1 is 1.18 bits per heavy atom. The van der Waals surface area contributed by atoms with Gasteiger partial charge in [0.15, 0.2) is 0 Å². The summed E-state index contributed by atoms with van der Waals surface area (Å²) in [6, 6.07) is 8.41. The van der Waals surface area contributed by atoms with Gasteiger partial charge in [0.2, 0.25) is 5.95 Å². The Morgan fingerprint density at radius 2 is 1.94 bits per heavy atom. The summed E-state index contributed by atoms with van der Waals surface area (Å²) in [7, 11) is 0. The minimum Gasteiger partial charge on any atom is -0.368 e. The van der Waals surface area contributed by atoms with Gasteiger partial charge in [0, 0.05) is 17.2 Å². The lowest BCUT2D eigenvalue weighted by molar-refractivity contribution is 0.630. The van der Waals surface area contributed by atoms with Crippen LogP contribution in [0, 0.1) is 5.82 Å². The van der Waals surface area contributed by atoms with Crippen LogP contribution in [0.15, 0.2) is 30.3 Å². The molecule has 0 amide bonds. The van der Waals surface area contributed by atoms with E-state index in [0.29, 0.717) is 17.2 Å². The molecule has 1 aromatic heterocycles. The number of nitrogens with zero attached hydrogens (tertiary/aromatic N) is 2. The fourth-order valence-corrected chi connectivity index (χ4v) is 1.88. The van der Waals surface area contributed by atoms with Gasteiger partial charge < -0.3 is 5.73 Å². The van der Waals surface area contributed by atoms with Crippen molar-refractivity contribution in [3.8, 4) is 11.3 Å². The van der Waals surface area contributed by atoms with Crippen LogP contribution in [0.5, 0.6) is 0 Å². The van der Waals surface area contributed by atoms with E-state index >= 15 is 0 Å². The molecule has 0 atom stereocenters. The van der Waals surface area contributed by atoms with E-state index in [-0.39, 0.29) is 11.8 Å². The molecule has 1 aliphatic carbocycles. The maximum Gasteiger partial charge on any atom is 0.220 e. The number of aromatic nitrogens is 2.